The van der Waals surface area contributed by atoms with E-state index in [1.165, 1.54) is 32.1 Å². The number of aliphatic imine (C=N–C) groups is 1. The Labute approximate surface area is 141 Å². The summed E-state index contributed by atoms with van der Waals surface area (Å²) in [7, 11) is 0. The third-order valence-electron chi connectivity index (χ3n) is 4.64. The standard InChI is InChI=1S/C18H33N5/c1-4-20-17(21-10-12-23-11-9-19-15-23)22-14-18(13-16(2)3)7-5-6-8-18/h9,11,15-16H,4-8,10,12-14H2,1-3H3,(H2,20,21,22). The van der Waals surface area contributed by atoms with Crippen LogP contribution in [0.4, 0.5) is 0 Å². The lowest BCUT2D eigenvalue weighted by Crippen LogP contribution is -2.39. The first-order chi connectivity index (χ1) is 11.1. The van der Waals surface area contributed by atoms with Crippen LogP contribution in [0.5, 0.6) is 0 Å². The molecule has 1 aromatic rings. The van der Waals surface area contributed by atoms with Gasteiger partial charge in [0.2, 0.25) is 0 Å². The normalized spacial score (nSPS) is 17.7. The minimum Gasteiger partial charge on any atom is -0.357 e. The van der Waals surface area contributed by atoms with E-state index in [0.29, 0.717) is 5.41 Å². The van der Waals surface area contributed by atoms with Gasteiger partial charge in [0.1, 0.15) is 0 Å². The van der Waals surface area contributed by atoms with Crippen molar-refractivity contribution in [3.8, 4) is 0 Å². The largest absolute Gasteiger partial charge is 0.357 e. The molecule has 0 spiro atoms. The second-order valence-electron chi connectivity index (χ2n) is 7.23. The topological polar surface area (TPSA) is 54.2 Å². The van der Waals surface area contributed by atoms with E-state index in [4.69, 9.17) is 4.99 Å². The van der Waals surface area contributed by atoms with Crippen molar-refractivity contribution in [3.05, 3.63) is 18.7 Å². The first-order valence-electron chi connectivity index (χ1n) is 9.11. The SMILES string of the molecule is CCNC(=NCC1(CC(C)C)CCCC1)NCCn1ccnc1. The van der Waals surface area contributed by atoms with E-state index in [9.17, 15) is 0 Å². The second-order valence-corrected chi connectivity index (χ2v) is 7.23. The first kappa shape index (κ1) is 17.8. The summed E-state index contributed by atoms with van der Waals surface area (Å²) in [6.45, 7) is 10.4. The average Bonchev–Trinajstić information content (AvgIpc) is 3.16. The summed E-state index contributed by atoms with van der Waals surface area (Å²) in [5, 5.41) is 6.81. The van der Waals surface area contributed by atoms with Crippen LogP contribution in [0.15, 0.2) is 23.7 Å². The van der Waals surface area contributed by atoms with Gasteiger partial charge in [0.15, 0.2) is 5.96 Å². The van der Waals surface area contributed by atoms with Gasteiger partial charge in [-0.25, -0.2) is 4.98 Å². The van der Waals surface area contributed by atoms with Gasteiger partial charge in [-0.1, -0.05) is 26.7 Å². The molecule has 1 aliphatic carbocycles. The molecule has 0 amide bonds. The molecule has 1 saturated carbocycles. The predicted octanol–water partition coefficient (Wildman–Crippen LogP) is 3.04. The van der Waals surface area contributed by atoms with Crippen molar-refractivity contribution < 1.29 is 0 Å². The van der Waals surface area contributed by atoms with E-state index >= 15 is 0 Å². The Bertz CT molecular complexity index is 458. The summed E-state index contributed by atoms with van der Waals surface area (Å²) in [6.07, 6.45) is 12.4. The molecule has 2 N–H and O–H groups in total. The number of guanidine groups is 1. The van der Waals surface area contributed by atoms with Gasteiger partial charge in [-0.05, 0) is 37.5 Å². The zero-order valence-corrected chi connectivity index (χ0v) is 15.0. The van der Waals surface area contributed by atoms with Gasteiger partial charge in [0, 0.05) is 38.6 Å². The smallest absolute Gasteiger partial charge is 0.191 e. The van der Waals surface area contributed by atoms with E-state index in [2.05, 4.69) is 41.0 Å². The van der Waals surface area contributed by atoms with Gasteiger partial charge in [-0.15, -0.1) is 0 Å². The van der Waals surface area contributed by atoms with E-state index in [1.807, 2.05) is 18.7 Å². The summed E-state index contributed by atoms with van der Waals surface area (Å²) in [5.74, 6) is 1.70. The molecule has 0 aliphatic heterocycles. The molecule has 130 valence electrons. The fraction of sp³-hybridized carbons (Fsp3) is 0.778. The molecule has 0 saturated heterocycles. The molecule has 0 aromatic carbocycles. The maximum Gasteiger partial charge on any atom is 0.191 e. The molecule has 5 nitrogen and oxygen atoms in total. The minimum absolute atomic E-state index is 0.431. The molecule has 0 bridgehead atoms. The van der Waals surface area contributed by atoms with Crippen LogP contribution in [0.1, 0.15) is 52.9 Å². The summed E-state index contributed by atoms with van der Waals surface area (Å²) in [6, 6.07) is 0. The van der Waals surface area contributed by atoms with Gasteiger partial charge in [-0.2, -0.15) is 0 Å². The fourth-order valence-corrected chi connectivity index (χ4v) is 3.73. The van der Waals surface area contributed by atoms with Crippen LogP contribution in [0, 0.1) is 11.3 Å². The summed E-state index contributed by atoms with van der Waals surface area (Å²) in [5.41, 5.74) is 0.431. The van der Waals surface area contributed by atoms with Crippen LogP contribution >= 0.6 is 0 Å². The minimum atomic E-state index is 0.431. The molecule has 1 aromatic heterocycles. The lowest BCUT2D eigenvalue weighted by molar-refractivity contribution is 0.245. The van der Waals surface area contributed by atoms with Crippen molar-refractivity contribution in [1.82, 2.24) is 20.2 Å². The number of hydrogen-bond acceptors (Lipinski definition) is 2. The predicted molar refractivity (Wildman–Crippen MR) is 96.6 cm³/mol. The lowest BCUT2D eigenvalue weighted by Gasteiger charge is -2.29. The first-order valence-corrected chi connectivity index (χ1v) is 9.11. The van der Waals surface area contributed by atoms with Crippen LogP contribution in [-0.4, -0.2) is 35.1 Å². The highest BCUT2D eigenvalue weighted by molar-refractivity contribution is 5.79. The van der Waals surface area contributed by atoms with Gasteiger partial charge in [0.25, 0.3) is 0 Å². The van der Waals surface area contributed by atoms with Gasteiger partial charge >= 0.3 is 0 Å². The Morgan fingerprint density at radius 3 is 2.70 bits per heavy atom. The Morgan fingerprint density at radius 1 is 1.30 bits per heavy atom. The van der Waals surface area contributed by atoms with Crippen molar-refractivity contribution in [3.63, 3.8) is 0 Å². The number of nitrogens with zero attached hydrogens (tertiary/aromatic N) is 3. The Hall–Kier alpha value is -1.52. The number of nitrogens with one attached hydrogen (secondary N) is 2. The van der Waals surface area contributed by atoms with Crippen LogP contribution < -0.4 is 10.6 Å². The van der Waals surface area contributed by atoms with E-state index in [1.54, 1.807) is 0 Å². The van der Waals surface area contributed by atoms with Crippen molar-refractivity contribution in [2.24, 2.45) is 16.3 Å². The Balaban J connectivity index is 1.88. The molecule has 0 atom stereocenters. The van der Waals surface area contributed by atoms with E-state index in [0.717, 1.165) is 38.1 Å². The molecule has 0 radical (unpaired) electrons. The zero-order chi connectivity index (χ0) is 16.5. The number of aromatic nitrogens is 2. The van der Waals surface area contributed by atoms with E-state index < -0.39 is 0 Å². The van der Waals surface area contributed by atoms with Crippen molar-refractivity contribution in [1.29, 1.82) is 0 Å². The molecule has 1 fully saturated rings. The number of imidazole rings is 1. The zero-order valence-electron chi connectivity index (χ0n) is 15.0. The fourth-order valence-electron chi connectivity index (χ4n) is 3.73. The molecular formula is C18H33N5. The maximum atomic E-state index is 4.91. The van der Waals surface area contributed by atoms with Crippen LogP contribution in [0.25, 0.3) is 0 Å². The molecule has 0 unspecified atom stereocenters. The van der Waals surface area contributed by atoms with Crippen molar-refractivity contribution in [2.75, 3.05) is 19.6 Å². The van der Waals surface area contributed by atoms with Crippen LogP contribution in [0.2, 0.25) is 0 Å². The molecule has 1 heterocycles. The number of rotatable bonds is 8. The summed E-state index contributed by atoms with van der Waals surface area (Å²) >= 11 is 0. The van der Waals surface area contributed by atoms with Crippen molar-refractivity contribution in [2.45, 2.75) is 59.4 Å². The summed E-state index contributed by atoms with van der Waals surface area (Å²) < 4.78 is 2.08. The lowest BCUT2D eigenvalue weighted by atomic mass is 9.78. The van der Waals surface area contributed by atoms with Crippen LogP contribution in [0.3, 0.4) is 0 Å². The molecular weight excluding hydrogens is 286 g/mol. The molecule has 23 heavy (non-hydrogen) atoms. The molecule has 1 aliphatic rings. The second kappa shape index (κ2) is 8.94. The third kappa shape index (κ3) is 5.88. The van der Waals surface area contributed by atoms with Gasteiger partial charge < -0.3 is 15.2 Å². The monoisotopic (exact) mass is 319 g/mol. The quantitative estimate of drug-likeness (QED) is 0.572. The molecule has 5 heteroatoms. The highest BCUT2D eigenvalue weighted by atomic mass is 15.2. The van der Waals surface area contributed by atoms with Crippen molar-refractivity contribution >= 4 is 5.96 Å². The Morgan fingerprint density at radius 2 is 2.09 bits per heavy atom. The third-order valence-corrected chi connectivity index (χ3v) is 4.64. The van der Waals surface area contributed by atoms with E-state index in [-0.39, 0.29) is 0 Å². The molecule has 2 rings (SSSR count). The maximum absolute atomic E-state index is 4.91. The van der Waals surface area contributed by atoms with Gasteiger partial charge in [-0.3, -0.25) is 4.99 Å². The highest BCUT2D eigenvalue weighted by Crippen LogP contribution is 2.43. The average molecular weight is 319 g/mol. The highest BCUT2D eigenvalue weighted by Gasteiger charge is 2.34. The Kier molecular flexibility index (Phi) is 6.93. The summed E-state index contributed by atoms with van der Waals surface area (Å²) in [4.78, 5) is 8.98. The van der Waals surface area contributed by atoms with Crippen LogP contribution in [-0.2, 0) is 6.54 Å². The van der Waals surface area contributed by atoms with Gasteiger partial charge in [0.05, 0.1) is 6.33 Å². The number of hydrogen-bond donors (Lipinski definition) is 2.